The minimum atomic E-state index is 0.284. The molecule has 0 N–H and O–H groups in total. The number of anilines is 1. The number of aryl methyl sites for hydroxylation is 1. The van der Waals surface area contributed by atoms with E-state index >= 15 is 0 Å². The number of rotatable bonds is 4. The van der Waals surface area contributed by atoms with E-state index in [1.807, 2.05) is 17.9 Å². The third-order valence-electron chi connectivity index (χ3n) is 4.17. The van der Waals surface area contributed by atoms with Crippen molar-refractivity contribution in [2.45, 2.75) is 13.5 Å². The van der Waals surface area contributed by atoms with Gasteiger partial charge in [-0.2, -0.15) is 10.2 Å². The monoisotopic (exact) mass is 339 g/mol. The van der Waals surface area contributed by atoms with Crippen LogP contribution in [0, 0.1) is 18.3 Å². The smallest absolute Gasteiger partial charge is 0.266 e. The molecular weight excluding hydrogens is 322 g/mol. The molecule has 0 spiro atoms. The van der Waals surface area contributed by atoms with Crippen LogP contribution in [-0.2, 0) is 6.54 Å². The number of nitrogens with zero attached hydrogens (tertiary/aromatic N) is 5. The van der Waals surface area contributed by atoms with E-state index in [0.717, 1.165) is 44.2 Å². The number of piperazine rings is 1. The van der Waals surface area contributed by atoms with E-state index in [4.69, 9.17) is 13.4 Å². The van der Waals surface area contributed by atoms with Gasteiger partial charge in [-0.3, -0.25) is 4.90 Å². The normalized spacial score (nSPS) is 15.4. The van der Waals surface area contributed by atoms with Gasteiger partial charge in [0.15, 0.2) is 5.76 Å². The van der Waals surface area contributed by atoms with E-state index in [-0.39, 0.29) is 5.69 Å². The maximum Gasteiger partial charge on any atom is 0.266 e. The molecule has 8 nitrogen and oxygen atoms in total. The van der Waals surface area contributed by atoms with Crippen molar-refractivity contribution < 1.29 is 13.4 Å². The first-order valence-electron chi connectivity index (χ1n) is 8.07. The van der Waals surface area contributed by atoms with Gasteiger partial charge < -0.3 is 18.3 Å². The molecule has 3 aromatic rings. The SMILES string of the molecule is Cc1cc(CN2CCN(c3oc(-c4ccco4)nc3C#N)CC2)no1. The Hall–Kier alpha value is -3.05. The summed E-state index contributed by atoms with van der Waals surface area (Å²) in [5, 5.41) is 13.4. The second-order valence-corrected chi connectivity index (χ2v) is 5.95. The van der Waals surface area contributed by atoms with E-state index in [0.29, 0.717) is 17.5 Å². The van der Waals surface area contributed by atoms with Crippen LogP contribution in [0.15, 0.2) is 37.8 Å². The topological polar surface area (TPSA) is 95.5 Å². The maximum atomic E-state index is 9.35. The Balaban J connectivity index is 1.44. The Labute approximate surface area is 144 Å². The summed E-state index contributed by atoms with van der Waals surface area (Å²) < 4.78 is 16.2. The summed E-state index contributed by atoms with van der Waals surface area (Å²) >= 11 is 0. The Bertz CT molecular complexity index is 882. The first-order chi connectivity index (χ1) is 12.2. The Morgan fingerprint density at radius 1 is 1.28 bits per heavy atom. The fraction of sp³-hybridized carbons (Fsp3) is 0.353. The van der Waals surface area contributed by atoms with Gasteiger partial charge in [0, 0.05) is 38.8 Å². The number of hydrogen-bond donors (Lipinski definition) is 0. The summed E-state index contributed by atoms with van der Waals surface area (Å²) in [6, 6.07) is 7.57. The van der Waals surface area contributed by atoms with Crippen molar-refractivity contribution in [2.75, 3.05) is 31.1 Å². The summed E-state index contributed by atoms with van der Waals surface area (Å²) in [4.78, 5) is 8.58. The van der Waals surface area contributed by atoms with E-state index < -0.39 is 0 Å². The molecule has 0 aliphatic carbocycles. The highest BCUT2D eigenvalue weighted by Gasteiger charge is 2.25. The average Bonchev–Trinajstić information content (AvgIpc) is 3.35. The molecule has 8 heteroatoms. The minimum absolute atomic E-state index is 0.284. The van der Waals surface area contributed by atoms with Crippen LogP contribution in [0.4, 0.5) is 5.88 Å². The first kappa shape index (κ1) is 15.5. The molecule has 1 saturated heterocycles. The van der Waals surface area contributed by atoms with E-state index in [1.54, 1.807) is 18.4 Å². The van der Waals surface area contributed by atoms with Gasteiger partial charge in [0.1, 0.15) is 11.8 Å². The lowest BCUT2D eigenvalue weighted by Gasteiger charge is -2.33. The molecule has 0 bridgehead atoms. The lowest BCUT2D eigenvalue weighted by atomic mass is 10.2. The molecule has 1 aliphatic rings. The molecule has 1 aliphatic heterocycles. The minimum Gasteiger partial charge on any atom is -0.459 e. The summed E-state index contributed by atoms with van der Waals surface area (Å²) in [7, 11) is 0. The van der Waals surface area contributed by atoms with Crippen LogP contribution in [0.5, 0.6) is 0 Å². The van der Waals surface area contributed by atoms with Crippen LogP contribution in [0.2, 0.25) is 0 Å². The fourth-order valence-corrected chi connectivity index (χ4v) is 2.94. The Morgan fingerprint density at radius 3 is 2.76 bits per heavy atom. The van der Waals surface area contributed by atoms with Gasteiger partial charge in [0.25, 0.3) is 5.89 Å². The second-order valence-electron chi connectivity index (χ2n) is 5.95. The predicted molar refractivity (Wildman–Crippen MR) is 87.7 cm³/mol. The van der Waals surface area contributed by atoms with Gasteiger partial charge >= 0.3 is 0 Å². The first-order valence-corrected chi connectivity index (χ1v) is 8.07. The molecule has 0 amide bonds. The average molecular weight is 339 g/mol. The van der Waals surface area contributed by atoms with Gasteiger partial charge in [-0.05, 0) is 19.1 Å². The Kier molecular flexibility index (Phi) is 3.99. The fourth-order valence-electron chi connectivity index (χ4n) is 2.94. The van der Waals surface area contributed by atoms with Crippen LogP contribution < -0.4 is 4.90 Å². The zero-order valence-electron chi connectivity index (χ0n) is 13.8. The zero-order chi connectivity index (χ0) is 17.2. The van der Waals surface area contributed by atoms with Gasteiger partial charge in [0.05, 0.1) is 12.0 Å². The van der Waals surface area contributed by atoms with Crippen molar-refractivity contribution in [1.82, 2.24) is 15.0 Å². The van der Waals surface area contributed by atoms with Crippen molar-refractivity contribution in [1.29, 1.82) is 5.26 Å². The van der Waals surface area contributed by atoms with Gasteiger partial charge in [-0.25, -0.2) is 0 Å². The van der Waals surface area contributed by atoms with Crippen molar-refractivity contribution in [3.05, 3.63) is 41.6 Å². The number of nitriles is 1. The molecular formula is C17H17N5O3. The quantitative estimate of drug-likeness (QED) is 0.715. The highest BCUT2D eigenvalue weighted by Crippen LogP contribution is 2.29. The molecule has 4 rings (SSSR count). The van der Waals surface area contributed by atoms with E-state index in [9.17, 15) is 5.26 Å². The van der Waals surface area contributed by atoms with E-state index in [2.05, 4.69) is 21.1 Å². The third-order valence-corrected chi connectivity index (χ3v) is 4.17. The molecule has 0 saturated carbocycles. The molecule has 0 radical (unpaired) electrons. The number of furan rings is 1. The summed E-state index contributed by atoms with van der Waals surface area (Å²) in [6.07, 6.45) is 1.55. The van der Waals surface area contributed by atoms with Crippen LogP contribution >= 0.6 is 0 Å². The van der Waals surface area contributed by atoms with Crippen molar-refractivity contribution in [3.63, 3.8) is 0 Å². The van der Waals surface area contributed by atoms with Crippen molar-refractivity contribution in [3.8, 4) is 17.7 Å². The van der Waals surface area contributed by atoms with Crippen LogP contribution in [0.3, 0.4) is 0 Å². The second kappa shape index (κ2) is 6.45. The number of hydrogen-bond acceptors (Lipinski definition) is 8. The lowest BCUT2D eigenvalue weighted by Crippen LogP contribution is -2.46. The van der Waals surface area contributed by atoms with Crippen molar-refractivity contribution in [2.24, 2.45) is 0 Å². The van der Waals surface area contributed by atoms with E-state index in [1.165, 1.54) is 0 Å². The highest BCUT2D eigenvalue weighted by atomic mass is 16.5. The number of oxazole rings is 1. The summed E-state index contributed by atoms with van der Waals surface area (Å²) in [5.41, 5.74) is 1.22. The maximum absolute atomic E-state index is 9.35. The standard InChI is InChI=1S/C17H17N5O3/c1-12-9-13(20-25-12)11-21-4-6-22(7-5-21)17-14(10-18)19-16(24-17)15-3-2-8-23-15/h2-3,8-9H,4-7,11H2,1H3. The predicted octanol–water partition coefficient (Wildman–Crippen LogP) is 2.42. The van der Waals surface area contributed by atoms with Gasteiger partial charge in [0.2, 0.25) is 11.6 Å². The summed E-state index contributed by atoms with van der Waals surface area (Å²) in [6.45, 7) is 5.82. The lowest BCUT2D eigenvalue weighted by molar-refractivity contribution is 0.238. The summed E-state index contributed by atoms with van der Waals surface area (Å²) in [5.74, 6) is 2.17. The molecule has 0 unspecified atom stereocenters. The zero-order valence-corrected chi connectivity index (χ0v) is 13.8. The molecule has 4 heterocycles. The largest absolute Gasteiger partial charge is 0.459 e. The highest BCUT2D eigenvalue weighted by molar-refractivity contribution is 5.55. The van der Waals surface area contributed by atoms with Crippen LogP contribution in [0.1, 0.15) is 17.1 Å². The van der Waals surface area contributed by atoms with Crippen LogP contribution in [0.25, 0.3) is 11.7 Å². The molecule has 1 fully saturated rings. The van der Waals surface area contributed by atoms with Gasteiger partial charge in [-0.1, -0.05) is 5.16 Å². The molecule has 128 valence electrons. The van der Waals surface area contributed by atoms with Crippen molar-refractivity contribution >= 4 is 5.88 Å². The number of aromatic nitrogens is 2. The molecule has 0 atom stereocenters. The molecule has 25 heavy (non-hydrogen) atoms. The van der Waals surface area contributed by atoms with Gasteiger partial charge in [-0.15, -0.1) is 0 Å². The molecule has 3 aromatic heterocycles. The molecule has 0 aromatic carbocycles. The third kappa shape index (κ3) is 3.14. The Morgan fingerprint density at radius 2 is 2.12 bits per heavy atom. The van der Waals surface area contributed by atoms with Crippen LogP contribution in [-0.4, -0.2) is 41.2 Å².